The Labute approximate surface area is 120 Å². The molecule has 1 rings (SSSR count). The number of nitrogens with zero attached hydrogens (tertiary/aromatic N) is 2. The van der Waals surface area contributed by atoms with Crippen molar-refractivity contribution in [1.82, 2.24) is 9.80 Å². The SMILES string of the molecule is CCCN(CCN(C)C)C(CN)C1CCCCCC1. The molecule has 2 N–H and O–H groups in total. The molecular weight excluding hydrogens is 234 g/mol. The minimum atomic E-state index is 0.609. The van der Waals surface area contributed by atoms with Gasteiger partial charge in [0.25, 0.3) is 0 Å². The first-order valence-electron chi connectivity index (χ1n) is 8.27. The summed E-state index contributed by atoms with van der Waals surface area (Å²) in [7, 11) is 4.32. The van der Waals surface area contributed by atoms with E-state index in [0.29, 0.717) is 6.04 Å². The Bertz CT molecular complexity index is 210. The molecule has 0 amide bonds. The fourth-order valence-electron chi connectivity index (χ4n) is 3.39. The van der Waals surface area contributed by atoms with Gasteiger partial charge < -0.3 is 10.6 Å². The van der Waals surface area contributed by atoms with E-state index in [4.69, 9.17) is 5.73 Å². The van der Waals surface area contributed by atoms with E-state index in [0.717, 1.165) is 19.0 Å². The van der Waals surface area contributed by atoms with Crippen molar-refractivity contribution in [3.63, 3.8) is 0 Å². The number of hydrogen-bond acceptors (Lipinski definition) is 3. The molecule has 1 atom stereocenters. The lowest BCUT2D eigenvalue weighted by molar-refractivity contribution is 0.125. The second kappa shape index (κ2) is 9.73. The smallest absolute Gasteiger partial charge is 0.0247 e. The van der Waals surface area contributed by atoms with Crippen LogP contribution in [0.2, 0.25) is 0 Å². The summed E-state index contributed by atoms with van der Waals surface area (Å²) in [5.74, 6) is 0.834. The highest BCUT2D eigenvalue weighted by molar-refractivity contribution is 4.82. The fourth-order valence-corrected chi connectivity index (χ4v) is 3.39. The fraction of sp³-hybridized carbons (Fsp3) is 1.00. The van der Waals surface area contributed by atoms with Crippen LogP contribution in [0.4, 0.5) is 0 Å². The Hall–Kier alpha value is -0.120. The van der Waals surface area contributed by atoms with Crippen LogP contribution >= 0.6 is 0 Å². The van der Waals surface area contributed by atoms with E-state index in [9.17, 15) is 0 Å². The predicted octanol–water partition coefficient (Wildman–Crippen LogP) is 2.56. The number of nitrogens with two attached hydrogens (primary N) is 1. The molecule has 3 heteroatoms. The lowest BCUT2D eigenvalue weighted by Crippen LogP contribution is -2.48. The van der Waals surface area contributed by atoms with Crippen LogP contribution < -0.4 is 5.73 Å². The Morgan fingerprint density at radius 1 is 1.00 bits per heavy atom. The summed E-state index contributed by atoms with van der Waals surface area (Å²) in [6, 6.07) is 0.609. The number of hydrogen-bond donors (Lipinski definition) is 1. The van der Waals surface area contributed by atoms with Crippen LogP contribution in [-0.2, 0) is 0 Å². The van der Waals surface area contributed by atoms with Crippen molar-refractivity contribution in [1.29, 1.82) is 0 Å². The van der Waals surface area contributed by atoms with E-state index < -0.39 is 0 Å². The van der Waals surface area contributed by atoms with Crippen molar-refractivity contribution >= 4 is 0 Å². The highest BCUT2D eigenvalue weighted by atomic mass is 15.2. The zero-order valence-corrected chi connectivity index (χ0v) is 13.4. The van der Waals surface area contributed by atoms with Gasteiger partial charge >= 0.3 is 0 Å². The molecule has 19 heavy (non-hydrogen) atoms. The molecule has 1 aliphatic rings. The molecule has 3 nitrogen and oxygen atoms in total. The molecule has 0 bridgehead atoms. The maximum atomic E-state index is 6.14. The minimum absolute atomic E-state index is 0.609. The first-order chi connectivity index (χ1) is 9.19. The largest absolute Gasteiger partial charge is 0.329 e. The molecule has 1 fully saturated rings. The topological polar surface area (TPSA) is 32.5 Å². The van der Waals surface area contributed by atoms with Crippen LogP contribution in [0, 0.1) is 5.92 Å². The maximum absolute atomic E-state index is 6.14. The van der Waals surface area contributed by atoms with Gasteiger partial charge in [-0.15, -0.1) is 0 Å². The summed E-state index contributed by atoms with van der Waals surface area (Å²) in [6.07, 6.45) is 9.70. The van der Waals surface area contributed by atoms with Gasteiger partial charge in [-0.1, -0.05) is 32.6 Å². The van der Waals surface area contributed by atoms with Gasteiger partial charge in [0.1, 0.15) is 0 Å². The molecule has 0 spiro atoms. The van der Waals surface area contributed by atoms with Crippen molar-refractivity contribution in [3.8, 4) is 0 Å². The third kappa shape index (κ3) is 6.24. The third-order valence-electron chi connectivity index (χ3n) is 4.50. The summed E-state index contributed by atoms with van der Waals surface area (Å²) in [5.41, 5.74) is 6.14. The molecule has 0 heterocycles. The second-order valence-corrected chi connectivity index (χ2v) is 6.39. The van der Waals surface area contributed by atoms with Crippen LogP contribution in [0.1, 0.15) is 51.9 Å². The van der Waals surface area contributed by atoms with Crippen LogP contribution in [0.5, 0.6) is 0 Å². The van der Waals surface area contributed by atoms with Gasteiger partial charge in [0.15, 0.2) is 0 Å². The van der Waals surface area contributed by atoms with Gasteiger partial charge in [-0.3, -0.25) is 4.90 Å². The zero-order valence-electron chi connectivity index (χ0n) is 13.4. The zero-order chi connectivity index (χ0) is 14.1. The van der Waals surface area contributed by atoms with Gasteiger partial charge in [-0.2, -0.15) is 0 Å². The van der Waals surface area contributed by atoms with Crippen molar-refractivity contribution in [2.45, 2.75) is 57.9 Å². The summed E-state index contributed by atoms with van der Waals surface area (Å²) in [5, 5.41) is 0. The van der Waals surface area contributed by atoms with E-state index in [2.05, 4.69) is 30.8 Å². The highest BCUT2D eigenvalue weighted by Gasteiger charge is 2.26. The quantitative estimate of drug-likeness (QED) is 0.687. The summed E-state index contributed by atoms with van der Waals surface area (Å²) in [4.78, 5) is 4.94. The van der Waals surface area contributed by atoms with Crippen LogP contribution in [0.15, 0.2) is 0 Å². The van der Waals surface area contributed by atoms with E-state index >= 15 is 0 Å². The summed E-state index contributed by atoms with van der Waals surface area (Å²) < 4.78 is 0. The lowest BCUT2D eigenvalue weighted by atomic mass is 9.90. The average Bonchev–Trinajstić information content (AvgIpc) is 2.66. The summed E-state index contributed by atoms with van der Waals surface area (Å²) in [6.45, 7) is 6.62. The van der Waals surface area contributed by atoms with Crippen LogP contribution in [-0.4, -0.2) is 56.1 Å². The molecule has 0 aromatic rings. The molecule has 1 aliphatic carbocycles. The normalized spacial score (nSPS) is 19.9. The lowest BCUT2D eigenvalue weighted by Gasteiger charge is -2.37. The number of rotatable bonds is 8. The van der Waals surface area contributed by atoms with Crippen molar-refractivity contribution in [3.05, 3.63) is 0 Å². The van der Waals surface area contributed by atoms with Gasteiger partial charge in [0.2, 0.25) is 0 Å². The van der Waals surface area contributed by atoms with E-state index in [-0.39, 0.29) is 0 Å². The summed E-state index contributed by atoms with van der Waals surface area (Å²) >= 11 is 0. The first kappa shape index (κ1) is 16.9. The molecule has 114 valence electrons. The van der Waals surface area contributed by atoms with E-state index in [1.807, 2.05) is 0 Å². The Morgan fingerprint density at radius 3 is 2.11 bits per heavy atom. The Kier molecular flexibility index (Phi) is 8.67. The molecule has 0 aromatic carbocycles. The van der Waals surface area contributed by atoms with Crippen molar-refractivity contribution in [2.24, 2.45) is 11.7 Å². The maximum Gasteiger partial charge on any atom is 0.0247 e. The van der Waals surface area contributed by atoms with Crippen molar-refractivity contribution in [2.75, 3.05) is 40.3 Å². The van der Waals surface area contributed by atoms with Gasteiger partial charge in [0, 0.05) is 25.7 Å². The third-order valence-corrected chi connectivity index (χ3v) is 4.50. The monoisotopic (exact) mass is 269 g/mol. The molecule has 1 unspecified atom stereocenters. The molecule has 0 radical (unpaired) electrons. The van der Waals surface area contributed by atoms with Crippen LogP contribution in [0.25, 0.3) is 0 Å². The predicted molar refractivity (Wildman–Crippen MR) is 84.5 cm³/mol. The minimum Gasteiger partial charge on any atom is -0.329 e. The Morgan fingerprint density at radius 2 is 1.63 bits per heavy atom. The molecule has 0 aliphatic heterocycles. The Balaban J connectivity index is 2.59. The molecular formula is C16H35N3. The van der Waals surface area contributed by atoms with E-state index in [1.165, 1.54) is 58.0 Å². The van der Waals surface area contributed by atoms with Crippen LogP contribution in [0.3, 0.4) is 0 Å². The van der Waals surface area contributed by atoms with Gasteiger partial charge in [0.05, 0.1) is 0 Å². The number of likely N-dealkylation sites (N-methyl/N-ethyl adjacent to an activating group) is 1. The average molecular weight is 269 g/mol. The van der Waals surface area contributed by atoms with Gasteiger partial charge in [-0.05, 0) is 45.8 Å². The standard InChI is InChI=1S/C16H35N3/c1-4-11-19(13-12-18(2)3)16(14-17)15-9-7-5-6-8-10-15/h15-16H,4-14,17H2,1-3H3. The van der Waals surface area contributed by atoms with E-state index in [1.54, 1.807) is 0 Å². The second-order valence-electron chi connectivity index (χ2n) is 6.39. The van der Waals surface area contributed by atoms with Crippen molar-refractivity contribution < 1.29 is 0 Å². The molecule has 1 saturated carbocycles. The first-order valence-corrected chi connectivity index (χ1v) is 8.27. The highest BCUT2D eigenvalue weighted by Crippen LogP contribution is 2.27. The van der Waals surface area contributed by atoms with Gasteiger partial charge in [-0.25, -0.2) is 0 Å². The molecule has 0 saturated heterocycles. The molecule has 0 aromatic heterocycles.